The van der Waals surface area contributed by atoms with Gasteiger partial charge in [0.1, 0.15) is 5.75 Å². The molecule has 1 rings (SSSR count). The van der Waals surface area contributed by atoms with Gasteiger partial charge in [-0.1, -0.05) is 46.2 Å². The molecule has 0 amide bonds. The largest absolute Gasteiger partial charge is 0.465 e. The van der Waals surface area contributed by atoms with Crippen LogP contribution in [0.15, 0.2) is 24.3 Å². The fourth-order valence-corrected chi connectivity index (χ4v) is 2.07. The Hall–Kier alpha value is -1.02. The second-order valence-electron chi connectivity index (χ2n) is 5.22. The van der Waals surface area contributed by atoms with E-state index < -0.39 is 0 Å². The Kier molecular flexibility index (Phi) is 6.20. The molecule has 0 radical (unpaired) electrons. The highest BCUT2D eigenvalue weighted by molar-refractivity contribution is 5.29. The molecule has 1 aromatic rings. The Morgan fingerprint density at radius 2 is 1.67 bits per heavy atom. The first kappa shape index (κ1) is 15.0. The standard InChI is InChI=1S/C16H26O2/c1-6-7-13(4)14-8-10-15(11-9-14)18-16(17-5)12(2)3/h8-13,16H,6-7H2,1-5H3. The Balaban J connectivity index is 2.65. The van der Waals surface area contributed by atoms with Crippen LogP contribution in [-0.2, 0) is 4.74 Å². The Morgan fingerprint density at radius 3 is 2.11 bits per heavy atom. The highest BCUT2D eigenvalue weighted by Gasteiger charge is 2.14. The minimum absolute atomic E-state index is 0.177. The average molecular weight is 250 g/mol. The molecule has 0 bridgehead atoms. The second-order valence-corrected chi connectivity index (χ2v) is 5.22. The summed E-state index contributed by atoms with van der Waals surface area (Å²) in [6, 6.07) is 8.39. The van der Waals surface area contributed by atoms with E-state index in [0.717, 1.165) is 5.75 Å². The zero-order chi connectivity index (χ0) is 13.5. The van der Waals surface area contributed by atoms with Gasteiger partial charge in [0, 0.05) is 13.0 Å². The smallest absolute Gasteiger partial charge is 0.201 e. The maximum Gasteiger partial charge on any atom is 0.201 e. The van der Waals surface area contributed by atoms with Gasteiger partial charge in [-0.2, -0.15) is 0 Å². The van der Waals surface area contributed by atoms with Gasteiger partial charge in [0.05, 0.1) is 0 Å². The first-order chi connectivity index (χ1) is 8.58. The van der Waals surface area contributed by atoms with Crippen molar-refractivity contribution in [2.75, 3.05) is 7.11 Å². The molecule has 0 spiro atoms. The monoisotopic (exact) mass is 250 g/mol. The highest BCUT2D eigenvalue weighted by Crippen LogP contribution is 2.24. The molecule has 0 N–H and O–H groups in total. The summed E-state index contributed by atoms with van der Waals surface area (Å²) in [4.78, 5) is 0. The van der Waals surface area contributed by atoms with Crippen molar-refractivity contribution < 1.29 is 9.47 Å². The minimum atomic E-state index is -0.177. The molecule has 0 aliphatic heterocycles. The number of hydrogen-bond acceptors (Lipinski definition) is 2. The third-order valence-corrected chi connectivity index (χ3v) is 3.20. The summed E-state index contributed by atoms with van der Waals surface area (Å²) in [6.45, 7) is 8.67. The van der Waals surface area contributed by atoms with Crippen LogP contribution in [0.25, 0.3) is 0 Å². The predicted octanol–water partition coefficient (Wildman–Crippen LogP) is 4.60. The number of hydrogen-bond donors (Lipinski definition) is 0. The molecule has 1 aromatic carbocycles. The molecule has 2 heteroatoms. The molecular formula is C16H26O2. The number of rotatable bonds is 7. The summed E-state index contributed by atoms with van der Waals surface area (Å²) in [5.41, 5.74) is 1.38. The first-order valence-electron chi connectivity index (χ1n) is 6.87. The molecule has 2 unspecified atom stereocenters. The zero-order valence-electron chi connectivity index (χ0n) is 12.3. The Morgan fingerprint density at radius 1 is 1.06 bits per heavy atom. The van der Waals surface area contributed by atoms with Crippen molar-refractivity contribution in [2.24, 2.45) is 5.92 Å². The van der Waals surface area contributed by atoms with E-state index in [9.17, 15) is 0 Å². The van der Waals surface area contributed by atoms with Crippen LogP contribution in [-0.4, -0.2) is 13.4 Å². The lowest BCUT2D eigenvalue weighted by atomic mass is 9.97. The van der Waals surface area contributed by atoms with Crippen LogP contribution in [0.5, 0.6) is 5.75 Å². The maximum absolute atomic E-state index is 5.80. The van der Waals surface area contributed by atoms with Crippen molar-refractivity contribution in [3.8, 4) is 5.75 Å². The first-order valence-corrected chi connectivity index (χ1v) is 6.87. The van der Waals surface area contributed by atoms with Gasteiger partial charge >= 0.3 is 0 Å². The molecule has 18 heavy (non-hydrogen) atoms. The van der Waals surface area contributed by atoms with Gasteiger partial charge in [-0.3, -0.25) is 0 Å². The van der Waals surface area contributed by atoms with E-state index in [1.165, 1.54) is 18.4 Å². The minimum Gasteiger partial charge on any atom is -0.465 e. The van der Waals surface area contributed by atoms with Gasteiger partial charge < -0.3 is 9.47 Å². The Labute approximate surface area is 111 Å². The number of ether oxygens (including phenoxy) is 2. The van der Waals surface area contributed by atoms with E-state index in [1.807, 2.05) is 12.1 Å². The van der Waals surface area contributed by atoms with E-state index in [1.54, 1.807) is 7.11 Å². The second kappa shape index (κ2) is 7.42. The lowest BCUT2D eigenvalue weighted by molar-refractivity contribution is -0.0833. The van der Waals surface area contributed by atoms with Gasteiger partial charge in [-0.15, -0.1) is 0 Å². The normalized spacial score (nSPS) is 14.6. The number of methoxy groups -OCH3 is 1. The highest BCUT2D eigenvalue weighted by atomic mass is 16.7. The van der Waals surface area contributed by atoms with E-state index in [2.05, 4.69) is 39.8 Å². The summed E-state index contributed by atoms with van der Waals surface area (Å²) in [5, 5.41) is 0. The van der Waals surface area contributed by atoms with Crippen LogP contribution in [0, 0.1) is 5.92 Å². The van der Waals surface area contributed by atoms with Gasteiger partial charge in [-0.05, 0) is 30.0 Å². The summed E-state index contributed by atoms with van der Waals surface area (Å²) in [7, 11) is 1.68. The lowest BCUT2D eigenvalue weighted by Crippen LogP contribution is -2.24. The van der Waals surface area contributed by atoms with Crippen molar-refractivity contribution in [2.45, 2.75) is 52.7 Å². The van der Waals surface area contributed by atoms with E-state index in [0.29, 0.717) is 11.8 Å². The molecular weight excluding hydrogens is 224 g/mol. The van der Waals surface area contributed by atoms with E-state index in [-0.39, 0.29) is 6.29 Å². The van der Waals surface area contributed by atoms with Gasteiger partial charge in [0.2, 0.25) is 6.29 Å². The fourth-order valence-electron chi connectivity index (χ4n) is 2.07. The third-order valence-electron chi connectivity index (χ3n) is 3.20. The molecule has 0 aromatic heterocycles. The van der Waals surface area contributed by atoms with Crippen molar-refractivity contribution in [1.29, 1.82) is 0 Å². The summed E-state index contributed by atoms with van der Waals surface area (Å²) < 4.78 is 11.1. The average Bonchev–Trinajstić information content (AvgIpc) is 2.36. The number of benzene rings is 1. The van der Waals surface area contributed by atoms with Gasteiger partial charge in [0.15, 0.2) is 0 Å². The van der Waals surface area contributed by atoms with Crippen LogP contribution in [0.2, 0.25) is 0 Å². The van der Waals surface area contributed by atoms with Crippen molar-refractivity contribution in [3.63, 3.8) is 0 Å². The molecule has 0 saturated heterocycles. The fraction of sp³-hybridized carbons (Fsp3) is 0.625. The summed E-state index contributed by atoms with van der Waals surface area (Å²) in [5.74, 6) is 1.84. The third kappa shape index (κ3) is 4.34. The van der Waals surface area contributed by atoms with E-state index >= 15 is 0 Å². The van der Waals surface area contributed by atoms with Crippen LogP contribution in [0.3, 0.4) is 0 Å². The molecule has 0 saturated carbocycles. The topological polar surface area (TPSA) is 18.5 Å². The van der Waals surface area contributed by atoms with Gasteiger partial charge in [-0.25, -0.2) is 0 Å². The predicted molar refractivity (Wildman–Crippen MR) is 76.0 cm³/mol. The molecule has 2 nitrogen and oxygen atoms in total. The van der Waals surface area contributed by atoms with Crippen molar-refractivity contribution in [1.82, 2.24) is 0 Å². The zero-order valence-corrected chi connectivity index (χ0v) is 12.3. The summed E-state index contributed by atoms with van der Waals surface area (Å²) in [6.07, 6.45) is 2.27. The van der Waals surface area contributed by atoms with Crippen LogP contribution in [0.4, 0.5) is 0 Å². The molecule has 0 aliphatic carbocycles. The summed E-state index contributed by atoms with van der Waals surface area (Å²) >= 11 is 0. The molecule has 0 fully saturated rings. The molecule has 2 atom stereocenters. The molecule has 102 valence electrons. The lowest BCUT2D eigenvalue weighted by Gasteiger charge is -2.21. The van der Waals surface area contributed by atoms with Crippen LogP contribution in [0.1, 0.15) is 52.0 Å². The van der Waals surface area contributed by atoms with Crippen molar-refractivity contribution in [3.05, 3.63) is 29.8 Å². The van der Waals surface area contributed by atoms with E-state index in [4.69, 9.17) is 9.47 Å². The molecule has 0 heterocycles. The molecule has 0 aliphatic rings. The quantitative estimate of drug-likeness (QED) is 0.658. The van der Waals surface area contributed by atoms with Crippen LogP contribution < -0.4 is 4.74 Å². The Bertz CT molecular complexity index is 329. The van der Waals surface area contributed by atoms with Crippen LogP contribution >= 0.6 is 0 Å². The van der Waals surface area contributed by atoms with Crippen molar-refractivity contribution >= 4 is 0 Å². The maximum atomic E-state index is 5.80. The SMILES string of the molecule is CCCC(C)c1ccc(OC(OC)C(C)C)cc1. The van der Waals surface area contributed by atoms with Gasteiger partial charge in [0.25, 0.3) is 0 Å².